The molecular formula is C10H21O3P. The van der Waals surface area contributed by atoms with Crippen molar-refractivity contribution in [1.29, 1.82) is 0 Å². The smallest absolute Gasteiger partial charge is 0.324 e. The Morgan fingerprint density at radius 3 is 2.36 bits per heavy atom. The molecule has 0 unspecified atom stereocenters. The zero-order valence-electron chi connectivity index (χ0n) is 9.23. The minimum Gasteiger partial charge on any atom is -0.324 e. The Morgan fingerprint density at radius 2 is 1.93 bits per heavy atom. The molecule has 0 radical (unpaired) electrons. The fourth-order valence-electron chi connectivity index (χ4n) is 1.19. The van der Waals surface area contributed by atoms with Crippen molar-refractivity contribution < 1.29 is 14.4 Å². The molecule has 1 atom stereocenters. The van der Waals surface area contributed by atoms with E-state index in [1.807, 2.05) is 6.92 Å². The van der Waals surface area contributed by atoms with Crippen LogP contribution in [0.15, 0.2) is 11.6 Å². The molecule has 0 fully saturated rings. The molecule has 4 heteroatoms. The third-order valence-corrected chi connectivity index (χ3v) is 2.97. The summed E-state index contributed by atoms with van der Waals surface area (Å²) >= 11 is 0. The standard InChI is InChI=1S/C10H21O3P/c1-9(2)5-4-6-10(3)7-8-14(11,12)13/h5,10H,4,6-8H2,1-3H3,(H2,11,12,13)/t10-/m0/s1. The van der Waals surface area contributed by atoms with Crippen LogP contribution in [0.2, 0.25) is 0 Å². The van der Waals surface area contributed by atoms with Crippen LogP contribution in [0.4, 0.5) is 0 Å². The van der Waals surface area contributed by atoms with Crippen LogP contribution < -0.4 is 0 Å². The van der Waals surface area contributed by atoms with Gasteiger partial charge in [-0.25, -0.2) is 0 Å². The van der Waals surface area contributed by atoms with Crippen molar-refractivity contribution in [3.8, 4) is 0 Å². The fourth-order valence-corrected chi connectivity index (χ4v) is 1.97. The van der Waals surface area contributed by atoms with Crippen molar-refractivity contribution in [1.82, 2.24) is 0 Å². The van der Waals surface area contributed by atoms with Crippen molar-refractivity contribution >= 4 is 7.60 Å². The molecule has 0 aromatic heterocycles. The summed E-state index contributed by atoms with van der Waals surface area (Å²) in [5.41, 5.74) is 1.30. The lowest BCUT2D eigenvalue weighted by Gasteiger charge is -2.10. The zero-order valence-corrected chi connectivity index (χ0v) is 10.1. The largest absolute Gasteiger partial charge is 0.325 e. The molecule has 0 rings (SSSR count). The lowest BCUT2D eigenvalue weighted by atomic mass is 10.0. The molecule has 0 aromatic rings. The Morgan fingerprint density at radius 1 is 1.36 bits per heavy atom. The second kappa shape index (κ2) is 6.39. The maximum atomic E-state index is 10.6. The molecule has 0 aliphatic rings. The average molecular weight is 220 g/mol. The van der Waals surface area contributed by atoms with Crippen LogP contribution in [0.25, 0.3) is 0 Å². The summed E-state index contributed by atoms with van der Waals surface area (Å²) in [7, 11) is -3.79. The third kappa shape index (κ3) is 9.97. The molecule has 0 spiro atoms. The van der Waals surface area contributed by atoms with Crippen molar-refractivity contribution in [2.45, 2.75) is 40.0 Å². The van der Waals surface area contributed by atoms with Crippen LogP contribution in [0.1, 0.15) is 40.0 Å². The van der Waals surface area contributed by atoms with Crippen molar-refractivity contribution in [3.05, 3.63) is 11.6 Å². The van der Waals surface area contributed by atoms with Gasteiger partial charge in [-0.15, -0.1) is 0 Å². The van der Waals surface area contributed by atoms with Gasteiger partial charge >= 0.3 is 7.60 Å². The molecule has 0 saturated heterocycles. The first-order chi connectivity index (χ1) is 6.31. The fraction of sp³-hybridized carbons (Fsp3) is 0.800. The van der Waals surface area contributed by atoms with Crippen LogP contribution in [0.5, 0.6) is 0 Å². The van der Waals surface area contributed by atoms with Gasteiger partial charge in [0.1, 0.15) is 0 Å². The third-order valence-electron chi connectivity index (χ3n) is 2.13. The second-order valence-corrected chi connectivity index (χ2v) is 5.92. The first-order valence-corrected chi connectivity index (χ1v) is 6.79. The summed E-state index contributed by atoms with van der Waals surface area (Å²) in [6.45, 7) is 6.15. The van der Waals surface area contributed by atoms with Crippen LogP contribution >= 0.6 is 7.60 Å². The van der Waals surface area contributed by atoms with Gasteiger partial charge < -0.3 is 9.79 Å². The number of rotatable bonds is 6. The van der Waals surface area contributed by atoms with Crippen LogP contribution in [-0.4, -0.2) is 15.9 Å². The quantitative estimate of drug-likeness (QED) is 0.534. The van der Waals surface area contributed by atoms with Gasteiger partial charge in [-0.1, -0.05) is 18.6 Å². The molecule has 0 saturated carbocycles. The molecule has 0 aliphatic heterocycles. The summed E-state index contributed by atoms with van der Waals surface area (Å²) in [4.78, 5) is 17.4. The highest BCUT2D eigenvalue weighted by Gasteiger charge is 2.14. The van der Waals surface area contributed by atoms with E-state index in [4.69, 9.17) is 9.79 Å². The Kier molecular flexibility index (Phi) is 6.34. The van der Waals surface area contributed by atoms with Crippen LogP contribution in [0, 0.1) is 5.92 Å². The van der Waals surface area contributed by atoms with Gasteiger partial charge in [0.15, 0.2) is 0 Å². The predicted molar refractivity (Wildman–Crippen MR) is 59.4 cm³/mol. The topological polar surface area (TPSA) is 57.5 Å². The SMILES string of the molecule is CC(C)=CCC[C@H](C)CCP(=O)(O)O. The van der Waals surface area contributed by atoms with Gasteiger partial charge in [0.05, 0.1) is 6.16 Å². The van der Waals surface area contributed by atoms with E-state index in [2.05, 4.69) is 19.9 Å². The van der Waals surface area contributed by atoms with Gasteiger partial charge in [0.2, 0.25) is 0 Å². The number of allylic oxidation sites excluding steroid dienone is 2. The molecule has 14 heavy (non-hydrogen) atoms. The van der Waals surface area contributed by atoms with E-state index in [0.29, 0.717) is 12.3 Å². The highest BCUT2D eigenvalue weighted by Crippen LogP contribution is 2.36. The lowest BCUT2D eigenvalue weighted by molar-refractivity contribution is 0.365. The van der Waals surface area contributed by atoms with E-state index in [9.17, 15) is 4.57 Å². The molecule has 0 amide bonds. The molecule has 2 N–H and O–H groups in total. The summed E-state index contributed by atoms with van der Waals surface area (Å²) in [6, 6.07) is 0. The number of hydrogen-bond donors (Lipinski definition) is 2. The molecule has 84 valence electrons. The maximum absolute atomic E-state index is 10.6. The van der Waals surface area contributed by atoms with Gasteiger partial charge in [-0.3, -0.25) is 4.57 Å². The van der Waals surface area contributed by atoms with E-state index in [1.54, 1.807) is 0 Å². The summed E-state index contributed by atoms with van der Waals surface area (Å²) < 4.78 is 10.6. The van der Waals surface area contributed by atoms with E-state index in [0.717, 1.165) is 12.8 Å². The monoisotopic (exact) mass is 220 g/mol. The average Bonchev–Trinajstić information content (AvgIpc) is 1.99. The number of hydrogen-bond acceptors (Lipinski definition) is 1. The Labute approximate surface area is 86.4 Å². The molecule has 0 aliphatic carbocycles. The van der Waals surface area contributed by atoms with E-state index < -0.39 is 7.60 Å². The first-order valence-electron chi connectivity index (χ1n) is 4.99. The normalized spacial score (nSPS) is 13.8. The Bertz CT molecular complexity index is 226. The molecule has 3 nitrogen and oxygen atoms in total. The minimum absolute atomic E-state index is 0.0169. The second-order valence-electron chi connectivity index (χ2n) is 4.14. The van der Waals surface area contributed by atoms with Gasteiger partial charge in [-0.2, -0.15) is 0 Å². The highest BCUT2D eigenvalue weighted by atomic mass is 31.2. The molecule has 0 heterocycles. The van der Waals surface area contributed by atoms with Gasteiger partial charge in [0.25, 0.3) is 0 Å². The Hall–Kier alpha value is -0.110. The van der Waals surface area contributed by atoms with Gasteiger partial charge in [-0.05, 0) is 39.0 Å². The highest BCUT2D eigenvalue weighted by molar-refractivity contribution is 7.51. The van der Waals surface area contributed by atoms with Gasteiger partial charge in [0, 0.05) is 0 Å². The summed E-state index contributed by atoms with van der Waals surface area (Å²) in [6.07, 6.45) is 4.80. The van der Waals surface area contributed by atoms with Crippen molar-refractivity contribution in [2.75, 3.05) is 6.16 Å². The van der Waals surface area contributed by atoms with Crippen molar-refractivity contribution in [2.24, 2.45) is 5.92 Å². The van der Waals surface area contributed by atoms with E-state index in [1.165, 1.54) is 5.57 Å². The molecule has 0 bridgehead atoms. The summed E-state index contributed by atoms with van der Waals surface area (Å²) in [5.74, 6) is 0.387. The van der Waals surface area contributed by atoms with E-state index in [-0.39, 0.29) is 6.16 Å². The molecular weight excluding hydrogens is 199 g/mol. The van der Waals surface area contributed by atoms with Crippen molar-refractivity contribution in [3.63, 3.8) is 0 Å². The summed E-state index contributed by atoms with van der Waals surface area (Å²) in [5, 5.41) is 0. The lowest BCUT2D eigenvalue weighted by Crippen LogP contribution is -1.98. The van der Waals surface area contributed by atoms with Crippen LogP contribution in [0.3, 0.4) is 0 Å². The minimum atomic E-state index is -3.79. The van der Waals surface area contributed by atoms with Crippen LogP contribution in [-0.2, 0) is 4.57 Å². The van der Waals surface area contributed by atoms with E-state index >= 15 is 0 Å². The maximum Gasteiger partial charge on any atom is 0.325 e. The first kappa shape index (κ1) is 13.9. The predicted octanol–water partition coefficient (Wildman–Crippen LogP) is 2.94. The zero-order chi connectivity index (χ0) is 11.2. The molecule has 0 aromatic carbocycles. The Balaban J connectivity index is 3.62.